The molecule has 0 saturated heterocycles. The fourth-order valence-electron chi connectivity index (χ4n) is 2.75. The van der Waals surface area contributed by atoms with Crippen LogP contribution in [-0.4, -0.2) is 16.7 Å². The van der Waals surface area contributed by atoms with Gasteiger partial charge in [0.15, 0.2) is 0 Å². The standard InChI is InChI=1S/C19H19NO/c1-2-14-9-6-10-16-13-17(11-12-21)19(20-18(14)16)15-7-4-3-5-8-15/h3-10,13,21H,2,11-12H2,1H3. The highest BCUT2D eigenvalue weighted by Crippen LogP contribution is 2.27. The van der Waals surface area contributed by atoms with Gasteiger partial charge in [0.05, 0.1) is 11.2 Å². The molecule has 3 rings (SSSR count). The third-order valence-corrected chi connectivity index (χ3v) is 3.82. The number of aliphatic hydroxyl groups excluding tert-OH is 1. The number of hydrogen-bond acceptors (Lipinski definition) is 2. The molecule has 3 aromatic rings. The molecule has 0 unspecified atom stereocenters. The van der Waals surface area contributed by atoms with Crippen molar-refractivity contribution in [3.63, 3.8) is 0 Å². The van der Waals surface area contributed by atoms with E-state index in [0.717, 1.165) is 34.1 Å². The monoisotopic (exact) mass is 277 g/mol. The maximum absolute atomic E-state index is 9.34. The van der Waals surface area contributed by atoms with E-state index >= 15 is 0 Å². The van der Waals surface area contributed by atoms with Crippen molar-refractivity contribution in [2.75, 3.05) is 6.61 Å². The van der Waals surface area contributed by atoms with Crippen LogP contribution >= 0.6 is 0 Å². The van der Waals surface area contributed by atoms with E-state index in [0.29, 0.717) is 6.42 Å². The molecule has 0 atom stereocenters. The molecule has 106 valence electrons. The summed E-state index contributed by atoms with van der Waals surface area (Å²) in [4.78, 5) is 4.92. The minimum Gasteiger partial charge on any atom is -0.396 e. The number of nitrogens with zero attached hydrogens (tertiary/aromatic N) is 1. The molecular formula is C19H19NO. The Labute approximate surface area is 125 Å². The molecule has 0 amide bonds. The highest BCUT2D eigenvalue weighted by Gasteiger charge is 2.10. The maximum atomic E-state index is 9.34. The first-order valence-electron chi connectivity index (χ1n) is 7.41. The Morgan fingerprint density at radius 2 is 1.76 bits per heavy atom. The minimum atomic E-state index is 0.139. The Bertz CT molecular complexity index is 750. The van der Waals surface area contributed by atoms with E-state index < -0.39 is 0 Å². The number of benzene rings is 2. The topological polar surface area (TPSA) is 33.1 Å². The second kappa shape index (κ2) is 6.06. The van der Waals surface area contributed by atoms with Gasteiger partial charge in [-0.1, -0.05) is 55.5 Å². The van der Waals surface area contributed by atoms with Crippen LogP contribution in [0.4, 0.5) is 0 Å². The van der Waals surface area contributed by atoms with Gasteiger partial charge in [0.1, 0.15) is 0 Å². The quantitative estimate of drug-likeness (QED) is 0.782. The first-order chi connectivity index (χ1) is 10.3. The number of pyridine rings is 1. The van der Waals surface area contributed by atoms with Crippen molar-refractivity contribution in [3.8, 4) is 11.3 Å². The van der Waals surface area contributed by atoms with Crippen molar-refractivity contribution in [1.29, 1.82) is 0 Å². The van der Waals surface area contributed by atoms with E-state index in [1.165, 1.54) is 5.56 Å². The molecular weight excluding hydrogens is 258 g/mol. The molecule has 21 heavy (non-hydrogen) atoms. The van der Waals surface area contributed by atoms with E-state index in [2.05, 4.69) is 43.3 Å². The van der Waals surface area contributed by atoms with Crippen LogP contribution in [0.25, 0.3) is 22.2 Å². The Morgan fingerprint density at radius 3 is 2.48 bits per heavy atom. The Kier molecular flexibility index (Phi) is 3.98. The zero-order valence-corrected chi connectivity index (χ0v) is 12.2. The molecule has 0 spiro atoms. The lowest BCUT2D eigenvalue weighted by molar-refractivity contribution is 0.299. The second-order valence-electron chi connectivity index (χ2n) is 5.18. The van der Waals surface area contributed by atoms with Crippen LogP contribution < -0.4 is 0 Å². The SMILES string of the molecule is CCc1cccc2cc(CCO)c(-c3ccccc3)nc12. The van der Waals surface area contributed by atoms with Gasteiger partial charge in [-0.2, -0.15) is 0 Å². The zero-order valence-electron chi connectivity index (χ0n) is 12.2. The molecule has 0 bridgehead atoms. The van der Waals surface area contributed by atoms with E-state index in [1.807, 2.05) is 18.2 Å². The Hall–Kier alpha value is -2.19. The van der Waals surface area contributed by atoms with Gasteiger partial charge in [-0.25, -0.2) is 4.98 Å². The van der Waals surface area contributed by atoms with Gasteiger partial charge < -0.3 is 5.11 Å². The smallest absolute Gasteiger partial charge is 0.0742 e. The average Bonchev–Trinajstić information content (AvgIpc) is 2.54. The maximum Gasteiger partial charge on any atom is 0.0742 e. The summed E-state index contributed by atoms with van der Waals surface area (Å²) >= 11 is 0. The molecule has 1 heterocycles. The molecule has 0 aliphatic rings. The summed E-state index contributed by atoms with van der Waals surface area (Å²) in [5.41, 5.74) is 5.53. The predicted octanol–water partition coefficient (Wildman–Crippen LogP) is 4.00. The third-order valence-electron chi connectivity index (χ3n) is 3.82. The zero-order chi connectivity index (χ0) is 14.7. The number of para-hydroxylation sites is 1. The number of aryl methyl sites for hydroxylation is 1. The average molecular weight is 277 g/mol. The van der Waals surface area contributed by atoms with Crippen LogP contribution in [-0.2, 0) is 12.8 Å². The van der Waals surface area contributed by atoms with Gasteiger partial charge in [0, 0.05) is 17.6 Å². The van der Waals surface area contributed by atoms with Crippen LogP contribution in [0, 0.1) is 0 Å². The largest absolute Gasteiger partial charge is 0.396 e. The summed E-state index contributed by atoms with van der Waals surface area (Å²) in [6.07, 6.45) is 1.60. The lowest BCUT2D eigenvalue weighted by Gasteiger charge is -2.12. The summed E-state index contributed by atoms with van der Waals surface area (Å²) in [5, 5.41) is 10.5. The van der Waals surface area contributed by atoms with E-state index in [4.69, 9.17) is 4.98 Å². The normalized spacial score (nSPS) is 11.0. The Balaban J connectivity index is 2.27. The van der Waals surface area contributed by atoms with Crippen LogP contribution in [0.2, 0.25) is 0 Å². The Morgan fingerprint density at radius 1 is 0.952 bits per heavy atom. The van der Waals surface area contributed by atoms with Gasteiger partial charge in [0.25, 0.3) is 0 Å². The van der Waals surface area contributed by atoms with Crippen molar-refractivity contribution in [2.45, 2.75) is 19.8 Å². The van der Waals surface area contributed by atoms with Crippen LogP contribution in [0.1, 0.15) is 18.1 Å². The first kappa shape index (κ1) is 13.8. The van der Waals surface area contributed by atoms with Crippen LogP contribution in [0.15, 0.2) is 54.6 Å². The molecule has 1 aromatic heterocycles. The van der Waals surface area contributed by atoms with Crippen molar-refractivity contribution >= 4 is 10.9 Å². The lowest BCUT2D eigenvalue weighted by atomic mass is 9.99. The molecule has 2 aromatic carbocycles. The molecule has 2 heteroatoms. The number of fused-ring (bicyclic) bond motifs is 1. The fourth-order valence-corrected chi connectivity index (χ4v) is 2.75. The van der Waals surface area contributed by atoms with Crippen molar-refractivity contribution < 1.29 is 5.11 Å². The summed E-state index contributed by atoms with van der Waals surface area (Å²) in [6, 6.07) is 18.7. The van der Waals surface area contributed by atoms with Crippen LogP contribution in [0.5, 0.6) is 0 Å². The van der Waals surface area contributed by atoms with Gasteiger partial charge in [-0.15, -0.1) is 0 Å². The molecule has 0 fully saturated rings. The van der Waals surface area contributed by atoms with Gasteiger partial charge in [-0.05, 0) is 30.0 Å². The lowest BCUT2D eigenvalue weighted by Crippen LogP contribution is -1.99. The van der Waals surface area contributed by atoms with Crippen molar-refractivity contribution in [3.05, 3.63) is 65.7 Å². The van der Waals surface area contributed by atoms with Crippen molar-refractivity contribution in [1.82, 2.24) is 4.98 Å². The van der Waals surface area contributed by atoms with Gasteiger partial charge >= 0.3 is 0 Å². The molecule has 0 saturated carbocycles. The summed E-state index contributed by atoms with van der Waals surface area (Å²) in [6.45, 7) is 2.29. The van der Waals surface area contributed by atoms with E-state index in [9.17, 15) is 5.11 Å². The fraction of sp³-hybridized carbons (Fsp3) is 0.211. The predicted molar refractivity (Wildman–Crippen MR) is 87.3 cm³/mol. The summed E-state index contributed by atoms with van der Waals surface area (Å²) in [7, 11) is 0. The molecule has 2 nitrogen and oxygen atoms in total. The van der Waals surface area contributed by atoms with Crippen molar-refractivity contribution in [2.24, 2.45) is 0 Å². The number of aliphatic hydroxyl groups is 1. The molecule has 0 aliphatic carbocycles. The minimum absolute atomic E-state index is 0.139. The third kappa shape index (κ3) is 2.67. The van der Waals surface area contributed by atoms with Gasteiger partial charge in [-0.3, -0.25) is 0 Å². The summed E-state index contributed by atoms with van der Waals surface area (Å²) < 4.78 is 0. The first-order valence-corrected chi connectivity index (χ1v) is 7.41. The number of hydrogen-bond donors (Lipinski definition) is 1. The highest BCUT2D eigenvalue weighted by atomic mass is 16.2. The summed E-state index contributed by atoms with van der Waals surface area (Å²) in [5.74, 6) is 0. The molecule has 0 aliphatic heterocycles. The van der Waals surface area contributed by atoms with E-state index in [1.54, 1.807) is 0 Å². The highest BCUT2D eigenvalue weighted by molar-refractivity contribution is 5.86. The van der Waals surface area contributed by atoms with Gasteiger partial charge in [0.2, 0.25) is 0 Å². The number of rotatable bonds is 4. The molecule has 0 radical (unpaired) electrons. The second-order valence-corrected chi connectivity index (χ2v) is 5.18. The van der Waals surface area contributed by atoms with Crippen LogP contribution in [0.3, 0.4) is 0 Å². The molecule has 1 N–H and O–H groups in total. The number of aromatic nitrogens is 1. The van der Waals surface area contributed by atoms with E-state index in [-0.39, 0.29) is 6.61 Å².